The van der Waals surface area contributed by atoms with Crippen LogP contribution in [0.25, 0.3) is 0 Å². The number of phenolic OH excluding ortho intramolecular Hbond substituents is 1. The van der Waals surface area contributed by atoms with Crippen LogP contribution < -0.4 is 15.4 Å². The molecule has 2 aromatic rings. The summed E-state index contributed by atoms with van der Waals surface area (Å²) < 4.78 is 36.0. The normalized spacial score (nSPS) is 14.0. The molecule has 8 nitrogen and oxygen atoms in total. The molecule has 27 heavy (non-hydrogen) atoms. The van der Waals surface area contributed by atoms with Crippen LogP contribution in [-0.2, 0) is 10.1 Å². The Morgan fingerprint density at radius 3 is 2.04 bits per heavy atom. The van der Waals surface area contributed by atoms with Gasteiger partial charge in [-0.3, -0.25) is 4.55 Å². The number of esters is 1. The molecule has 4 N–H and O–H groups in total. The average molecular weight is 415 g/mol. The van der Waals surface area contributed by atoms with Gasteiger partial charge in [-0.05, 0) is 36.4 Å². The van der Waals surface area contributed by atoms with Crippen molar-refractivity contribution < 1.29 is 27.6 Å². The Kier molecular flexibility index (Phi) is 7.57. The predicted molar refractivity (Wildman–Crippen MR) is 100 cm³/mol. The van der Waals surface area contributed by atoms with E-state index in [4.69, 9.17) is 20.9 Å². The van der Waals surface area contributed by atoms with Crippen LogP contribution in [0, 0.1) is 0 Å². The van der Waals surface area contributed by atoms with Crippen molar-refractivity contribution in [3.8, 4) is 11.5 Å². The molecular weight excluding hydrogens is 396 g/mol. The third-order valence-electron chi connectivity index (χ3n) is 3.46. The van der Waals surface area contributed by atoms with Gasteiger partial charge >= 0.3 is 5.97 Å². The summed E-state index contributed by atoms with van der Waals surface area (Å²) >= 11 is 5.69. The second-order valence-electron chi connectivity index (χ2n) is 5.50. The van der Waals surface area contributed by atoms with Gasteiger partial charge in [0.25, 0.3) is 10.1 Å². The molecule has 1 aliphatic rings. The molecule has 1 aliphatic heterocycles. The van der Waals surface area contributed by atoms with Crippen molar-refractivity contribution >= 4 is 27.7 Å². The lowest BCUT2D eigenvalue weighted by Crippen LogP contribution is -2.39. The minimum atomic E-state index is -4.62. The molecule has 0 radical (unpaired) electrons. The molecule has 0 amide bonds. The maximum absolute atomic E-state index is 11.8. The van der Waals surface area contributed by atoms with Crippen LogP contribution in [0.5, 0.6) is 11.5 Å². The van der Waals surface area contributed by atoms with E-state index in [1.807, 2.05) is 0 Å². The van der Waals surface area contributed by atoms with Crippen LogP contribution in [0.2, 0.25) is 5.02 Å². The van der Waals surface area contributed by atoms with Gasteiger partial charge in [-0.2, -0.15) is 8.42 Å². The van der Waals surface area contributed by atoms with E-state index in [1.165, 1.54) is 30.3 Å². The van der Waals surface area contributed by atoms with E-state index in [9.17, 15) is 18.3 Å². The van der Waals surface area contributed by atoms with Crippen LogP contribution in [0.4, 0.5) is 0 Å². The summed E-state index contributed by atoms with van der Waals surface area (Å²) in [6.07, 6.45) is 0. The fourth-order valence-electron chi connectivity index (χ4n) is 2.12. The van der Waals surface area contributed by atoms with Gasteiger partial charge in [0.15, 0.2) is 0 Å². The van der Waals surface area contributed by atoms with E-state index in [0.29, 0.717) is 5.02 Å². The standard InChI is InChI=1S/C13H9ClO6S.C4H10N2/c14-9-3-1-8(2-4-9)13(16)20-10-5-6-11(15)12(7-10)21(17,18)19;1-2-6-4-3-5-1/h1-7,15H,(H,17,18,19);5-6H,1-4H2. The van der Waals surface area contributed by atoms with E-state index in [-0.39, 0.29) is 11.3 Å². The molecule has 2 aromatic carbocycles. The number of hydrogen-bond acceptors (Lipinski definition) is 7. The number of piperazine rings is 1. The lowest BCUT2D eigenvalue weighted by atomic mass is 10.2. The first-order chi connectivity index (χ1) is 12.8. The Balaban J connectivity index is 0.000000369. The Labute approximate surface area is 161 Å². The molecule has 0 aromatic heterocycles. The van der Waals surface area contributed by atoms with E-state index >= 15 is 0 Å². The quantitative estimate of drug-likeness (QED) is 0.339. The Bertz CT molecular complexity index is 871. The molecular formula is C17H19ClN2O6S. The van der Waals surface area contributed by atoms with Gasteiger partial charge in [-0.25, -0.2) is 4.79 Å². The monoisotopic (exact) mass is 414 g/mol. The fourth-order valence-corrected chi connectivity index (χ4v) is 2.84. The van der Waals surface area contributed by atoms with Gasteiger partial charge in [0.2, 0.25) is 0 Å². The number of carbonyl (C=O) groups excluding carboxylic acids is 1. The summed E-state index contributed by atoms with van der Waals surface area (Å²) in [5, 5.41) is 16.3. The molecule has 1 saturated heterocycles. The van der Waals surface area contributed by atoms with Crippen LogP contribution >= 0.6 is 11.6 Å². The smallest absolute Gasteiger partial charge is 0.343 e. The Morgan fingerprint density at radius 1 is 1.00 bits per heavy atom. The van der Waals surface area contributed by atoms with Crippen molar-refractivity contribution in [1.82, 2.24) is 10.6 Å². The molecule has 0 spiro atoms. The summed E-state index contributed by atoms with van der Waals surface area (Å²) in [4.78, 5) is 11.1. The number of hydrogen-bond donors (Lipinski definition) is 4. The third kappa shape index (κ3) is 6.81. The average Bonchev–Trinajstić information content (AvgIpc) is 2.65. The first-order valence-corrected chi connectivity index (χ1v) is 9.79. The van der Waals surface area contributed by atoms with Crippen molar-refractivity contribution in [2.24, 2.45) is 0 Å². The van der Waals surface area contributed by atoms with Gasteiger partial charge < -0.3 is 20.5 Å². The first kappa shape index (κ1) is 21.1. The number of halogens is 1. The fraction of sp³-hybridized carbons (Fsp3) is 0.235. The van der Waals surface area contributed by atoms with Crippen molar-refractivity contribution in [3.05, 3.63) is 53.1 Å². The minimum Gasteiger partial charge on any atom is -0.506 e. The molecule has 0 aliphatic carbocycles. The van der Waals surface area contributed by atoms with Crippen molar-refractivity contribution in [2.75, 3.05) is 26.2 Å². The minimum absolute atomic E-state index is 0.139. The highest BCUT2D eigenvalue weighted by Gasteiger charge is 2.18. The summed E-state index contributed by atoms with van der Waals surface area (Å²) in [6.45, 7) is 4.56. The molecule has 1 fully saturated rings. The summed E-state index contributed by atoms with van der Waals surface area (Å²) in [6, 6.07) is 8.91. The molecule has 1 heterocycles. The molecule has 0 saturated carbocycles. The molecule has 146 valence electrons. The zero-order chi connectivity index (χ0) is 19.9. The summed E-state index contributed by atoms with van der Waals surface area (Å²) in [7, 11) is -4.62. The summed E-state index contributed by atoms with van der Waals surface area (Å²) in [5.41, 5.74) is 0.209. The lowest BCUT2D eigenvalue weighted by Gasteiger charge is -2.11. The highest BCUT2D eigenvalue weighted by Crippen LogP contribution is 2.27. The zero-order valence-corrected chi connectivity index (χ0v) is 15.8. The van der Waals surface area contributed by atoms with Gasteiger partial charge in [0, 0.05) is 37.3 Å². The van der Waals surface area contributed by atoms with Crippen LogP contribution in [-0.4, -0.2) is 50.2 Å². The maximum Gasteiger partial charge on any atom is 0.343 e. The van der Waals surface area contributed by atoms with Gasteiger partial charge in [-0.1, -0.05) is 11.6 Å². The van der Waals surface area contributed by atoms with E-state index in [0.717, 1.165) is 38.3 Å². The Morgan fingerprint density at radius 2 is 1.56 bits per heavy atom. The van der Waals surface area contributed by atoms with E-state index < -0.39 is 26.7 Å². The van der Waals surface area contributed by atoms with Gasteiger partial charge in [-0.15, -0.1) is 0 Å². The number of rotatable bonds is 3. The second-order valence-corrected chi connectivity index (χ2v) is 7.33. The molecule has 10 heteroatoms. The number of phenols is 1. The largest absolute Gasteiger partial charge is 0.506 e. The number of carbonyl (C=O) groups is 1. The third-order valence-corrected chi connectivity index (χ3v) is 4.59. The molecule has 0 unspecified atom stereocenters. The zero-order valence-electron chi connectivity index (χ0n) is 14.2. The van der Waals surface area contributed by atoms with E-state index in [1.54, 1.807) is 0 Å². The van der Waals surface area contributed by atoms with Crippen molar-refractivity contribution in [3.63, 3.8) is 0 Å². The molecule has 0 atom stereocenters. The first-order valence-electron chi connectivity index (χ1n) is 7.97. The van der Waals surface area contributed by atoms with Crippen LogP contribution in [0.1, 0.15) is 10.4 Å². The lowest BCUT2D eigenvalue weighted by molar-refractivity contribution is 0.0734. The number of ether oxygens (including phenoxy) is 1. The van der Waals surface area contributed by atoms with E-state index in [2.05, 4.69) is 10.6 Å². The Hall–Kier alpha value is -2.17. The number of aromatic hydroxyl groups is 1. The molecule has 0 bridgehead atoms. The second kappa shape index (κ2) is 9.67. The number of nitrogens with one attached hydrogen (secondary N) is 2. The molecule has 3 rings (SSSR count). The predicted octanol–water partition coefficient (Wildman–Crippen LogP) is 1.69. The SMILES string of the molecule is C1CNCCN1.O=C(Oc1ccc(O)c(S(=O)(=O)O)c1)c1ccc(Cl)cc1. The van der Waals surface area contributed by atoms with Crippen LogP contribution in [0.15, 0.2) is 47.4 Å². The highest BCUT2D eigenvalue weighted by molar-refractivity contribution is 7.86. The topological polar surface area (TPSA) is 125 Å². The highest BCUT2D eigenvalue weighted by atomic mass is 35.5. The van der Waals surface area contributed by atoms with Crippen molar-refractivity contribution in [2.45, 2.75) is 4.90 Å². The van der Waals surface area contributed by atoms with Crippen LogP contribution in [0.3, 0.4) is 0 Å². The maximum atomic E-state index is 11.8. The van der Waals surface area contributed by atoms with Gasteiger partial charge in [0.05, 0.1) is 5.56 Å². The number of benzene rings is 2. The van der Waals surface area contributed by atoms with Gasteiger partial charge in [0.1, 0.15) is 16.4 Å². The van der Waals surface area contributed by atoms with Crippen molar-refractivity contribution in [1.29, 1.82) is 0 Å². The summed E-state index contributed by atoms with van der Waals surface area (Å²) in [5.74, 6) is -1.53.